The zero-order chi connectivity index (χ0) is 17.4. The minimum absolute atomic E-state index is 1.08. The first-order valence-corrected chi connectivity index (χ1v) is 8.65. The summed E-state index contributed by atoms with van der Waals surface area (Å²) < 4.78 is 2.07. The van der Waals surface area contributed by atoms with Gasteiger partial charge >= 0.3 is 0 Å². The van der Waals surface area contributed by atoms with E-state index in [4.69, 9.17) is 0 Å². The van der Waals surface area contributed by atoms with Crippen LogP contribution in [0, 0.1) is 13.8 Å². The molecule has 2 rings (SSSR count). The van der Waals surface area contributed by atoms with E-state index in [9.17, 15) is 0 Å². The van der Waals surface area contributed by atoms with Crippen LogP contribution in [0.25, 0.3) is 0 Å². The molecule has 0 aliphatic rings. The molecule has 2 heterocycles. The second-order valence-corrected chi connectivity index (χ2v) is 4.46. The number of hydrogen-bond donors (Lipinski definition) is 1. The zero-order valence-corrected chi connectivity index (χ0v) is 15.9. The molecule has 0 amide bonds. The molecule has 1 N–H and O–H groups in total. The van der Waals surface area contributed by atoms with Gasteiger partial charge in [0, 0.05) is 24.6 Å². The van der Waals surface area contributed by atoms with Gasteiger partial charge in [0.15, 0.2) is 0 Å². The molecule has 4 nitrogen and oxygen atoms in total. The molecule has 22 heavy (non-hydrogen) atoms. The number of hydrogen-bond acceptors (Lipinski definition) is 2. The molecule has 0 aliphatic carbocycles. The van der Waals surface area contributed by atoms with Crippen molar-refractivity contribution in [1.29, 1.82) is 0 Å². The van der Waals surface area contributed by atoms with Gasteiger partial charge < -0.3 is 4.57 Å². The van der Waals surface area contributed by atoms with Crippen LogP contribution < -0.4 is 0 Å². The minimum atomic E-state index is 1.08. The van der Waals surface area contributed by atoms with E-state index >= 15 is 0 Å². The molecule has 2 aromatic rings. The molecule has 128 valence electrons. The number of aryl methyl sites for hydroxylation is 3. The number of aromatic amines is 1. The van der Waals surface area contributed by atoms with Crippen LogP contribution in [0.2, 0.25) is 0 Å². The number of H-pyrrole nitrogens is 1. The Morgan fingerprint density at radius 1 is 1.05 bits per heavy atom. The quantitative estimate of drug-likeness (QED) is 0.830. The van der Waals surface area contributed by atoms with Gasteiger partial charge in [0.25, 0.3) is 0 Å². The van der Waals surface area contributed by atoms with Crippen LogP contribution in [-0.2, 0) is 13.0 Å². The van der Waals surface area contributed by atoms with E-state index in [1.54, 1.807) is 6.20 Å². The molecule has 2 aromatic heterocycles. The van der Waals surface area contributed by atoms with Crippen LogP contribution in [0.4, 0.5) is 0 Å². The van der Waals surface area contributed by atoms with E-state index in [2.05, 4.69) is 47.4 Å². The lowest BCUT2D eigenvalue weighted by Crippen LogP contribution is -1.90. The molecule has 0 aromatic carbocycles. The fourth-order valence-electron chi connectivity index (χ4n) is 1.87. The highest BCUT2D eigenvalue weighted by Crippen LogP contribution is 2.10. The van der Waals surface area contributed by atoms with Crippen molar-refractivity contribution in [2.45, 2.75) is 81.2 Å². The van der Waals surface area contributed by atoms with Crippen molar-refractivity contribution in [2.75, 3.05) is 0 Å². The van der Waals surface area contributed by atoms with Gasteiger partial charge in [-0.3, -0.25) is 5.10 Å². The summed E-state index contributed by atoms with van der Waals surface area (Å²) in [5, 5.41) is 7.08. The Morgan fingerprint density at radius 3 is 2.05 bits per heavy atom. The molecule has 0 fully saturated rings. The first-order valence-electron chi connectivity index (χ1n) is 8.65. The topological polar surface area (TPSA) is 46.5 Å². The normalized spacial score (nSPS) is 8.73. The summed E-state index contributed by atoms with van der Waals surface area (Å²) in [7, 11) is 0. The van der Waals surface area contributed by atoms with Gasteiger partial charge in [-0.1, -0.05) is 48.0 Å². The molecular weight excluding hydrogens is 272 g/mol. The number of nitrogens with one attached hydrogen (secondary N) is 1. The number of aromatic nitrogens is 4. The fourth-order valence-corrected chi connectivity index (χ4v) is 1.87. The van der Waals surface area contributed by atoms with E-state index in [-0.39, 0.29) is 0 Å². The van der Waals surface area contributed by atoms with Crippen LogP contribution in [0.1, 0.15) is 71.3 Å². The molecule has 0 spiro atoms. The Hall–Kier alpha value is -1.58. The third-order valence-electron chi connectivity index (χ3n) is 2.82. The summed E-state index contributed by atoms with van der Waals surface area (Å²) in [5.41, 5.74) is 3.76. The van der Waals surface area contributed by atoms with Crippen molar-refractivity contribution >= 4 is 0 Å². The lowest BCUT2D eigenvalue weighted by Gasteiger charge is -1.95. The predicted octanol–water partition coefficient (Wildman–Crippen LogP) is 5.32. The van der Waals surface area contributed by atoms with Gasteiger partial charge in [-0.15, -0.1) is 0 Å². The Balaban J connectivity index is 0. The van der Waals surface area contributed by atoms with Crippen LogP contribution in [0.3, 0.4) is 0 Å². The number of rotatable bonds is 4. The van der Waals surface area contributed by atoms with Crippen molar-refractivity contribution in [1.82, 2.24) is 19.7 Å². The van der Waals surface area contributed by atoms with Crippen molar-refractivity contribution in [3.63, 3.8) is 0 Å². The molecular formula is C18H36N4. The van der Waals surface area contributed by atoms with Gasteiger partial charge in [0.2, 0.25) is 0 Å². The summed E-state index contributed by atoms with van der Waals surface area (Å²) in [6.45, 7) is 17.5. The second-order valence-electron chi connectivity index (χ2n) is 4.46. The van der Waals surface area contributed by atoms with Gasteiger partial charge in [-0.2, -0.15) is 5.10 Å². The van der Waals surface area contributed by atoms with Crippen molar-refractivity contribution < 1.29 is 0 Å². The smallest absolute Gasteiger partial charge is 0.0945 e. The maximum Gasteiger partial charge on any atom is 0.0945 e. The van der Waals surface area contributed by atoms with Crippen LogP contribution in [0.5, 0.6) is 0 Å². The Morgan fingerprint density at radius 2 is 1.68 bits per heavy atom. The van der Waals surface area contributed by atoms with Crippen LogP contribution in [-0.4, -0.2) is 19.7 Å². The first kappa shape index (κ1) is 22.7. The average Bonchev–Trinajstić information content (AvgIpc) is 3.18. The van der Waals surface area contributed by atoms with Crippen molar-refractivity contribution in [3.8, 4) is 0 Å². The monoisotopic (exact) mass is 308 g/mol. The number of imidazole rings is 1. The zero-order valence-electron chi connectivity index (χ0n) is 15.9. The molecule has 0 bridgehead atoms. The SMILES string of the molecule is CC.CC.CCCc1c(C)n[nH]c1C.CCCn1ccnc1. The van der Waals surface area contributed by atoms with Crippen molar-refractivity contribution in [2.24, 2.45) is 0 Å². The highest BCUT2D eigenvalue weighted by atomic mass is 15.1. The minimum Gasteiger partial charge on any atom is -0.338 e. The highest BCUT2D eigenvalue weighted by Gasteiger charge is 2.02. The average molecular weight is 309 g/mol. The second kappa shape index (κ2) is 15.8. The van der Waals surface area contributed by atoms with Crippen LogP contribution >= 0.6 is 0 Å². The molecule has 0 saturated carbocycles. The van der Waals surface area contributed by atoms with Gasteiger partial charge in [-0.05, 0) is 32.3 Å². The van der Waals surface area contributed by atoms with E-state index in [0.29, 0.717) is 0 Å². The standard InChI is InChI=1S/C8H14N2.C6H10N2.2C2H6/c1-4-5-8-6(2)9-10-7(8)3;1-2-4-8-5-3-7-6-8;2*1-2/h4-5H2,1-3H3,(H,9,10);3,5-6H,2,4H2,1H3;2*1-2H3. The fraction of sp³-hybridized carbons (Fsp3) is 0.667. The molecule has 4 heteroatoms. The summed E-state index contributed by atoms with van der Waals surface area (Å²) >= 11 is 0. The van der Waals surface area contributed by atoms with Gasteiger partial charge in [0.1, 0.15) is 0 Å². The van der Waals surface area contributed by atoms with E-state index in [1.807, 2.05) is 40.2 Å². The Labute approximate surface area is 137 Å². The highest BCUT2D eigenvalue weighted by molar-refractivity contribution is 5.22. The summed E-state index contributed by atoms with van der Waals surface area (Å²) in [6, 6.07) is 0. The third kappa shape index (κ3) is 9.37. The lowest BCUT2D eigenvalue weighted by atomic mass is 10.1. The Kier molecular flexibility index (Phi) is 16.3. The van der Waals surface area contributed by atoms with E-state index < -0.39 is 0 Å². The molecule has 0 saturated heterocycles. The lowest BCUT2D eigenvalue weighted by molar-refractivity contribution is 0.678. The van der Waals surface area contributed by atoms with Crippen molar-refractivity contribution in [3.05, 3.63) is 35.7 Å². The number of nitrogens with zero attached hydrogens (tertiary/aromatic N) is 3. The molecule has 0 unspecified atom stereocenters. The molecule has 0 radical (unpaired) electrons. The third-order valence-corrected chi connectivity index (χ3v) is 2.82. The maximum atomic E-state index is 4.11. The summed E-state index contributed by atoms with van der Waals surface area (Å²) in [6.07, 6.45) is 9.13. The summed E-state index contributed by atoms with van der Waals surface area (Å²) in [4.78, 5) is 3.90. The van der Waals surface area contributed by atoms with E-state index in [0.717, 1.165) is 18.7 Å². The van der Waals surface area contributed by atoms with Gasteiger partial charge in [0.05, 0.1) is 12.0 Å². The van der Waals surface area contributed by atoms with Crippen LogP contribution in [0.15, 0.2) is 18.7 Å². The molecule has 0 aliphatic heterocycles. The van der Waals surface area contributed by atoms with E-state index in [1.165, 1.54) is 24.1 Å². The summed E-state index contributed by atoms with van der Waals surface area (Å²) in [5.74, 6) is 0. The van der Waals surface area contributed by atoms with Gasteiger partial charge in [-0.25, -0.2) is 4.98 Å². The maximum absolute atomic E-state index is 4.11. The first-order chi connectivity index (χ1) is 10.7. The largest absolute Gasteiger partial charge is 0.338 e. The predicted molar refractivity (Wildman–Crippen MR) is 97.3 cm³/mol. The Bertz CT molecular complexity index is 410. The molecule has 0 atom stereocenters.